The van der Waals surface area contributed by atoms with Crippen molar-refractivity contribution < 1.29 is 28.9 Å². The van der Waals surface area contributed by atoms with Crippen LogP contribution >= 0.6 is 0 Å². The summed E-state index contributed by atoms with van der Waals surface area (Å²) in [6.07, 6.45) is 4.21. The normalized spacial score (nSPS) is 26.2. The summed E-state index contributed by atoms with van der Waals surface area (Å²) in [4.78, 5) is 27.0. The van der Waals surface area contributed by atoms with E-state index in [2.05, 4.69) is 5.32 Å². The molecule has 3 atom stereocenters. The molecule has 29 heavy (non-hydrogen) atoms. The predicted molar refractivity (Wildman–Crippen MR) is 104 cm³/mol. The van der Waals surface area contributed by atoms with E-state index in [1.807, 2.05) is 4.90 Å². The molecule has 158 valence electrons. The zero-order chi connectivity index (χ0) is 20.2. The van der Waals surface area contributed by atoms with Crippen molar-refractivity contribution in [1.82, 2.24) is 10.2 Å². The lowest BCUT2D eigenvalue weighted by atomic mass is 9.96. The first-order valence-electron chi connectivity index (χ1n) is 10.4. The minimum atomic E-state index is -0.527. The quantitative estimate of drug-likeness (QED) is 0.771. The van der Waals surface area contributed by atoms with Crippen LogP contribution in [0.3, 0.4) is 0 Å². The number of hydrogen-bond acceptors (Lipinski definition) is 6. The molecule has 3 aliphatic rings. The second kappa shape index (κ2) is 9.00. The number of hydrogen-bond donors (Lipinski definition) is 2. The zero-order valence-corrected chi connectivity index (χ0v) is 16.5. The maximum absolute atomic E-state index is 12.6. The molecule has 4 rings (SSSR count). The molecule has 2 amide bonds. The number of aliphatic hydroxyl groups is 1. The molecule has 2 fully saturated rings. The third-order valence-corrected chi connectivity index (χ3v) is 5.86. The monoisotopic (exact) mass is 404 g/mol. The molecule has 0 radical (unpaired) electrons. The highest BCUT2D eigenvalue weighted by Crippen LogP contribution is 2.32. The summed E-state index contributed by atoms with van der Waals surface area (Å²) < 4.78 is 16.6. The maximum Gasteiger partial charge on any atom is 0.251 e. The lowest BCUT2D eigenvalue weighted by Crippen LogP contribution is -2.51. The standard InChI is InChI=1S/C21H28N2O6/c24-12-19-16(22-21(26)14-4-7-17-18(10-14)28-13-27-17)6-5-15(29-19)11-20(25)23-8-2-1-3-9-23/h4,7,10,15-16,19,24H,1-3,5-6,8-9,11-13H2,(H,22,26)/t15-,16+,19-/m0/s1. The van der Waals surface area contributed by atoms with Crippen molar-refractivity contribution in [2.24, 2.45) is 0 Å². The van der Waals surface area contributed by atoms with E-state index in [4.69, 9.17) is 14.2 Å². The third kappa shape index (κ3) is 4.64. The Morgan fingerprint density at radius 3 is 2.69 bits per heavy atom. The number of carbonyl (C=O) groups is 2. The van der Waals surface area contributed by atoms with Crippen LogP contribution in [-0.4, -0.2) is 66.6 Å². The van der Waals surface area contributed by atoms with E-state index in [1.54, 1.807) is 18.2 Å². The number of benzene rings is 1. The van der Waals surface area contributed by atoms with Crippen molar-refractivity contribution in [3.8, 4) is 11.5 Å². The fourth-order valence-corrected chi connectivity index (χ4v) is 4.20. The third-order valence-electron chi connectivity index (χ3n) is 5.86. The number of piperidine rings is 1. The van der Waals surface area contributed by atoms with Gasteiger partial charge in [-0.1, -0.05) is 0 Å². The van der Waals surface area contributed by atoms with Gasteiger partial charge in [-0.15, -0.1) is 0 Å². The van der Waals surface area contributed by atoms with Gasteiger partial charge in [-0.2, -0.15) is 0 Å². The van der Waals surface area contributed by atoms with E-state index in [0.29, 0.717) is 36.3 Å². The number of amides is 2. The van der Waals surface area contributed by atoms with Crippen LogP contribution in [0.5, 0.6) is 11.5 Å². The van der Waals surface area contributed by atoms with E-state index >= 15 is 0 Å². The molecule has 0 saturated carbocycles. The number of fused-ring (bicyclic) bond motifs is 1. The molecular weight excluding hydrogens is 376 g/mol. The second-order valence-electron chi connectivity index (χ2n) is 7.85. The van der Waals surface area contributed by atoms with Crippen LogP contribution in [-0.2, 0) is 9.53 Å². The molecule has 0 spiro atoms. The van der Waals surface area contributed by atoms with Crippen LogP contribution in [0.25, 0.3) is 0 Å². The van der Waals surface area contributed by atoms with E-state index in [-0.39, 0.29) is 37.4 Å². The second-order valence-corrected chi connectivity index (χ2v) is 7.85. The minimum Gasteiger partial charge on any atom is -0.454 e. The Balaban J connectivity index is 1.31. The Hall–Kier alpha value is -2.32. The van der Waals surface area contributed by atoms with Gasteiger partial charge in [0.15, 0.2) is 11.5 Å². The van der Waals surface area contributed by atoms with Crippen molar-refractivity contribution in [2.45, 2.75) is 56.8 Å². The molecule has 2 N–H and O–H groups in total. The smallest absolute Gasteiger partial charge is 0.251 e. The summed E-state index contributed by atoms with van der Waals surface area (Å²) >= 11 is 0. The first-order valence-corrected chi connectivity index (χ1v) is 10.4. The SMILES string of the molecule is O=C(N[C@@H]1CC[C@@H](CC(=O)N2CCCCC2)O[C@H]1CO)c1ccc2c(c1)OCO2. The van der Waals surface area contributed by atoms with Crippen molar-refractivity contribution in [1.29, 1.82) is 0 Å². The number of rotatable bonds is 5. The van der Waals surface area contributed by atoms with Crippen LogP contribution in [0.1, 0.15) is 48.9 Å². The highest BCUT2D eigenvalue weighted by molar-refractivity contribution is 5.95. The average molecular weight is 404 g/mol. The molecule has 0 aliphatic carbocycles. The average Bonchev–Trinajstić information content (AvgIpc) is 3.23. The summed E-state index contributed by atoms with van der Waals surface area (Å²) in [6.45, 7) is 1.59. The molecule has 1 aromatic carbocycles. The molecule has 0 unspecified atom stereocenters. The lowest BCUT2D eigenvalue weighted by Gasteiger charge is -2.37. The molecule has 0 bridgehead atoms. The van der Waals surface area contributed by atoms with E-state index in [0.717, 1.165) is 25.9 Å². The Bertz CT molecular complexity index is 749. The summed E-state index contributed by atoms with van der Waals surface area (Å²) in [7, 11) is 0. The van der Waals surface area contributed by atoms with E-state index < -0.39 is 6.10 Å². The van der Waals surface area contributed by atoms with Gasteiger partial charge in [0.1, 0.15) is 6.10 Å². The van der Waals surface area contributed by atoms with Crippen molar-refractivity contribution >= 4 is 11.8 Å². The van der Waals surface area contributed by atoms with E-state index in [9.17, 15) is 14.7 Å². The number of likely N-dealkylation sites (tertiary alicyclic amines) is 1. The molecule has 8 heteroatoms. The summed E-state index contributed by atoms with van der Waals surface area (Å²) in [5.74, 6) is 1.04. The number of nitrogens with one attached hydrogen (secondary N) is 1. The van der Waals surface area contributed by atoms with Gasteiger partial charge in [-0.3, -0.25) is 9.59 Å². The van der Waals surface area contributed by atoms with Crippen LogP contribution in [0.2, 0.25) is 0 Å². The predicted octanol–water partition coefficient (Wildman–Crippen LogP) is 1.46. The van der Waals surface area contributed by atoms with Gasteiger partial charge < -0.3 is 29.5 Å². The molecule has 3 aliphatic heterocycles. The number of carbonyl (C=O) groups excluding carboxylic acids is 2. The van der Waals surface area contributed by atoms with E-state index in [1.165, 1.54) is 6.42 Å². The Morgan fingerprint density at radius 2 is 1.90 bits per heavy atom. The first-order chi connectivity index (χ1) is 14.1. The number of ether oxygens (including phenoxy) is 3. The topological polar surface area (TPSA) is 97.3 Å². The van der Waals surface area contributed by atoms with Gasteiger partial charge in [-0.25, -0.2) is 0 Å². The molecule has 2 saturated heterocycles. The lowest BCUT2D eigenvalue weighted by molar-refractivity contribution is -0.141. The van der Waals surface area contributed by atoms with Crippen molar-refractivity contribution in [3.63, 3.8) is 0 Å². The molecule has 8 nitrogen and oxygen atoms in total. The molecule has 3 heterocycles. The van der Waals surface area contributed by atoms with Gasteiger partial charge in [0.2, 0.25) is 12.7 Å². The number of nitrogens with zero attached hydrogens (tertiary/aromatic N) is 1. The minimum absolute atomic E-state index is 0.120. The molecule has 1 aromatic rings. The van der Waals surface area contributed by atoms with Gasteiger partial charge in [0, 0.05) is 18.7 Å². The summed E-state index contributed by atoms with van der Waals surface area (Å²) in [6, 6.07) is 4.73. The van der Waals surface area contributed by atoms with Gasteiger partial charge >= 0.3 is 0 Å². The van der Waals surface area contributed by atoms with Gasteiger partial charge in [0.25, 0.3) is 5.91 Å². The van der Waals surface area contributed by atoms with Gasteiger partial charge in [0.05, 0.1) is 25.2 Å². The van der Waals surface area contributed by atoms with Crippen LogP contribution in [0.15, 0.2) is 18.2 Å². The number of aliphatic hydroxyl groups excluding tert-OH is 1. The molecule has 0 aromatic heterocycles. The zero-order valence-electron chi connectivity index (χ0n) is 16.5. The Morgan fingerprint density at radius 1 is 1.10 bits per heavy atom. The highest BCUT2D eigenvalue weighted by Gasteiger charge is 2.34. The fourth-order valence-electron chi connectivity index (χ4n) is 4.20. The molecular formula is C21H28N2O6. The van der Waals surface area contributed by atoms with Crippen LogP contribution < -0.4 is 14.8 Å². The van der Waals surface area contributed by atoms with Crippen molar-refractivity contribution in [3.05, 3.63) is 23.8 Å². The summed E-state index contributed by atoms with van der Waals surface area (Å²) in [5, 5.41) is 12.7. The van der Waals surface area contributed by atoms with Crippen molar-refractivity contribution in [2.75, 3.05) is 26.5 Å². The highest BCUT2D eigenvalue weighted by atomic mass is 16.7. The Labute approximate surface area is 170 Å². The largest absolute Gasteiger partial charge is 0.454 e. The summed E-state index contributed by atoms with van der Waals surface area (Å²) in [5.41, 5.74) is 0.466. The maximum atomic E-state index is 12.6. The first kappa shape index (κ1) is 20.0. The van der Waals surface area contributed by atoms with Crippen LogP contribution in [0.4, 0.5) is 0 Å². The van der Waals surface area contributed by atoms with Crippen LogP contribution in [0, 0.1) is 0 Å². The van der Waals surface area contributed by atoms with Gasteiger partial charge in [-0.05, 0) is 50.3 Å². The Kier molecular flexibility index (Phi) is 6.20. The fraction of sp³-hybridized carbons (Fsp3) is 0.619.